The van der Waals surface area contributed by atoms with Crippen molar-refractivity contribution in [2.45, 2.75) is 58.0 Å². The van der Waals surface area contributed by atoms with Gasteiger partial charge in [-0.25, -0.2) is 14.4 Å². The molecule has 0 aliphatic rings. The number of esters is 1. The van der Waals surface area contributed by atoms with Crippen LogP contribution in [0.3, 0.4) is 0 Å². The van der Waals surface area contributed by atoms with Gasteiger partial charge in [0, 0.05) is 0 Å². The summed E-state index contributed by atoms with van der Waals surface area (Å²) >= 11 is 0. The molecule has 1 aromatic rings. The van der Waals surface area contributed by atoms with Crippen LogP contribution < -0.4 is 4.74 Å². The Hall–Kier alpha value is -2.41. The first-order valence-electron chi connectivity index (χ1n) is 8.37. The number of aliphatic hydroxyl groups is 1. The first-order valence-corrected chi connectivity index (χ1v) is 8.37. The van der Waals surface area contributed by atoms with E-state index in [1.165, 1.54) is 0 Å². The fraction of sp³-hybridized carbons (Fsp3) is 0.500. The molecule has 0 aliphatic carbocycles. The zero-order valence-electron chi connectivity index (χ0n) is 14.2. The number of hydrogen-bond acceptors (Lipinski definition) is 5. The number of ether oxygens (including phenoxy) is 1. The van der Waals surface area contributed by atoms with E-state index in [9.17, 15) is 19.5 Å². The van der Waals surface area contributed by atoms with Gasteiger partial charge >= 0.3 is 17.9 Å². The maximum Gasteiger partial charge on any atom is 0.340 e. The lowest BCUT2D eigenvalue weighted by atomic mass is 10.1. The number of hydrogen-bond donors (Lipinski definition) is 3. The van der Waals surface area contributed by atoms with Crippen molar-refractivity contribution in [3.8, 4) is 5.75 Å². The second kappa shape index (κ2) is 10.5. The van der Waals surface area contributed by atoms with Gasteiger partial charge in [0.2, 0.25) is 0 Å². The lowest BCUT2D eigenvalue weighted by Gasteiger charge is -2.12. The summed E-state index contributed by atoms with van der Waals surface area (Å²) in [6.45, 7) is 2.12. The highest BCUT2D eigenvalue weighted by Gasteiger charge is 2.21. The highest BCUT2D eigenvalue weighted by atomic mass is 16.5. The third-order valence-corrected chi connectivity index (χ3v) is 3.77. The summed E-state index contributed by atoms with van der Waals surface area (Å²) in [6, 6.07) is 3.15. The standard InChI is InChI=1S/C18H24O7/c1-2-3-4-5-6-7-8-14(19)18(24)25-15-10-9-12(16(20)21)11-13(15)17(22)23/h9-11,14,19H,2-8H2,1H3,(H,20,21)(H,22,23). The molecule has 0 heterocycles. The van der Waals surface area contributed by atoms with Crippen molar-refractivity contribution in [3.05, 3.63) is 29.3 Å². The maximum atomic E-state index is 11.9. The van der Waals surface area contributed by atoms with Crippen molar-refractivity contribution in [1.82, 2.24) is 0 Å². The van der Waals surface area contributed by atoms with Gasteiger partial charge in [0.25, 0.3) is 0 Å². The fourth-order valence-electron chi connectivity index (χ4n) is 2.33. The maximum absolute atomic E-state index is 11.9. The van der Waals surface area contributed by atoms with E-state index in [4.69, 9.17) is 14.9 Å². The lowest BCUT2D eigenvalue weighted by Crippen LogP contribution is -2.26. The molecule has 0 saturated carbocycles. The van der Waals surface area contributed by atoms with Gasteiger partial charge in [0.05, 0.1) is 5.56 Å². The molecule has 0 aliphatic heterocycles. The van der Waals surface area contributed by atoms with Crippen LogP contribution in [0.4, 0.5) is 0 Å². The van der Waals surface area contributed by atoms with Gasteiger partial charge in [-0.15, -0.1) is 0 Å². The molecule has 7 heteroatoms. The molecule has 0 radical (unpaired) electrons. The lowest BCUT2D eigenvalue weighted by molar-refractivity contribution is -0.144. The Labute approximate surface area is 146 Å². The van der Waals surface area contributed by atoms with Gasteiger partial charge in [0.15, 0.2) is 6.10 Å². The minimum Gasteiger partial charge on any atom is -0.478 e. The van der Waals surface area contributed by atoms with Gasteiger partial charge in [-0.3, -0.25) is 0 Å². The Bertz CT molecular complexity index is 609. The number of carbonyl (C=O) groups excluding carboxylic acids is 1. The molecule has 1 atom stereocenters. The van der Waals surface area contributed by atoms with Crippen molar-refractivity contribution in [1.29, 1.82) is 0 Å². The quantitative estimate of drug-likeness (QED) is 0.318. The molecule has 3 N–H and O–H groups in total. The normalized spacial score (nSPS) is 11.8. The van der Waals surface area contributed by atoms with E-state index < -0.39 is 29.6 Å². The summed E-state index contributed by atoms with van der Waals surface area (Å²) in [4.78, 5) is 34.0. The zero-order valence-corrected chi connectivity index (χ0v) is 14.2. The Kier molecular flexibility index (Phi) is 8.63. The van der Waals surface area contributed by atoms with Crippen LogP contribution >= 0.6 is 0 Å². The molecular formula is C18H24O7. The van der Waals surface area contributed by atoms with Crippen LogP contribution in [-0.2, 0) is 4.79 Å². The average molecular weight is 352 g/mol. The Morgan fingerprint density at radius 1 is 1.00 bits per heavy atom. The molecule has 0 bridgehead atoms. The number of aromatic carboxylic acids is 2. The van der Waals surface area contributed by atoms with E-state index in [0.717, 1.165) is 50.3 Å². The Morgan fingerprint density at radius 3 is 2.24 bits per heavy atom. The Morgan fingerprint density at radius 2 is 1.64 bits per heavy atom. The van der Waals surface area contributed by atoms with E-state index in [1.807, 2.05) is 0 Å². The summed E-state index contributed by atoms with van der Waals surface area (Å²) in [5.74, 6) is -3.94. The predicted molar refractivity (Wildman–Crippen MR) is 90.0 cm³/mol. The summed E-state index contributed by atoms with van der Waals surface area (Å²) in [6.07, 6.45) is 4.93. The van der Waals surface area contributed by atoms with Crippen LogP contribution in [-0.4, -0.2) is 39.3 Å². The van der Waals surface area contributed by atoms with Crippen LogP contribution in [0.25, 0.3) is 0 Å². The molecule has 0 amide bonds. The van der Waals surface area contributed by atoms with Crippen LogP contribution in [0, 0.1) is 0 Å². The van der Waals surface area contributed by atoms with Gasteiger partial charge in [0.1, 0.15) is 11.3 Å². The highest BCUT2D eigenvalue weighted by Crippen LogP contribution is 2.21. The van der Waals surface area contributed by atoms with Crippen LogP contribution in [0.2, 0.25) is 0 Å². The summed E-state index contributed by atoms with van der Waals surface area (Å²) in [5.41, 5.74) is -0.676. The second-order valence-electron chi connectivity index (χ2n) is 5.81. The van der Waals surface area contributed by atoms with E-state index in [2.05, 4.69) is 6.92 Å². The average Bonchev–Trinajstić information content (AvgIpc) is 2.57. The van der Waals surface area contributed by atoms with E-state index in [-0.39, 0.29) is 17.7 Å². The summed E-state index contributed by atoms with van der Waals surface area (Å²) < 4.78 is 4.94. The number of carboxylic acids is 2. The number of carbonyl (C=O) groups is 3. The van der Waals surface area contributed by atoms with Gasteiger partial charge < -0.3 is 20.1 Å². The highest BCUT2D eigenvalue weighted by molar-refractivity contribution is 5.96. The molecule has 25 heavy (non-hydrogen) atoms. The van der Waals surface area contributed by atoms with E-state index in [1.54, 1.807) is 0 Å². The molecule has 1 aromatic carbocycles. The number of benzene rings is 1. The van der Waals surface area contributed by atoms with Crippen molar-refractivity contribution in [3.63, 3.8) is 0 Å². The molecule has 0 fully saturated rings. The molecule has 7 nitrogen and oxygen atoms in total. The number of unbranched alkanes of at least 4 members (excludes halogenated alkanes) is 5. The molecule has 138 valence electrons. The molecule has 0 saturated heterocycles. The first kappa shape index (κ1) is 20.6. The SMILES string of the molecule is CCCCCCCCC(O)C(=O)Oc1ccc(C(=O)O)cc1C(=O)O. The molecular weight excluding hydrogens is 328 g/mol. The van der Waals surface area contributed by atoms with E-state index >= 15 is 0 Å². The van der Waals surface area contributed by atoms with E-state index in [0.29, 0.717) is 6.42 Å². The van der Waals surface area contributed by atoms with Crippen molar-refractivity contribution < 1.29 is 34.4 Å². The molecule has 0 spiro atoms. The summed E-state index contributed by atoms with van der Waals surface area (Å²) in [7, 11) is 0. The number of aliphatic hydroxyl groups excluding tert-OH is 1. The molecule has 1 rings (SSSR count). The monoisotopic (exact) mass is 352 g/mol. The van der Waals surface area contributed by atoms with Crippen LogP contribution in [0.15, 0.2) is 18.2 Å². The Balaban J connectivity index is 2.60. The van der Waals surface area contributed by atoms with Crippen molar-refractivity contribution >= 4 is 17.9 Å². The predicted octanol–water partition coefficient (Wildman–Crippen LogP) is 3.10. The van der Waals surface area contributed by atoms with Crippen molar-refractivity contribution in [2.75, 3.05) is 0 Å². The second-order valence-corrected chi connectivity index (χ2v) is 5.81. The van der Waals surface area contributed by atoms with Crippen LogP contribution in [0.1, 0.15) is 72.6 Å². The number of rotatable bonds is 11. The third kappa shape index (κ3) is 6.93. The minimum atomic E-state index is -1.42. The van der Waals surface area contributed by atoms with Gasteiger partial charge in [-0.1, -0.05) is 45.4 Å². The van der Waals surface area contributed by atoms with Gasteiger partial charge in [-0.2, -0.15) is 0 Å². The topological polar surface area (TPSA) is 121 Å². The molecule has 0 aromatic heterocycles. The van der Waals surface area contributed by atoms with Crippen molar-refractivity contribution in [2.24, 2.45) is 0 Å². The number of carboxylic acid groups (broad SMARTS) is 2. The fourth-order valence-corrected chi connectivity index (χ4v) is 2.33. The third-order valence-electron chi connectivity index (χ3n) is 3.77. The first-order chi connectivity index (χ1) is 11.9. The summed E-state index contributed by atoms with van der Waals surface area (Å²) in [5, 5.41) is 27.8. The van der Waals surface area contributed by atoms with Gasteiger partial charge in [-0.05, 0) is 24.6 Å². The minimum absolute atomic E-state index is 0.232. The largest absolute Gasteiger partial charge is 0.478 e. The smallest absolute Gasteiger partial charge is 0.340 e. The zero-order chi connectivity index (χ0) is 18.8. The molecule has 1 unspecified atom stereocenters. The van der Waals surface area contributed by atoms with Crippen LogP contribution in [0.5, 0.6) is 5.75 Å².